The van der Waals surface area contributed by atoms with E-state index in [9.17, 15) is 9.18 Å². The highest BCUT2D eigenvalue weighted by molar-refractivity contribution is 9.10. The number of carbonyl (C=O) groups excluding carboxylic acids is 1. The van der Waals surface area contributed by atoms with E-state index in [2.05, 4.69) is 31.7 Å². The van der Waals surface area contributed by atoms with Gasteiger partial charge in [0.2, 0.25) is 0 Å². The van der Waals surface area contributed by atoms with E-state index in [1.165, 1.54) is 16.8 Å². The molecule has 0 radical (unpaired) electrons. The SMILES string of the molecule is O=C(Nc1ccc(Cl)cc1)Nc1nn(Cc2c(F)cccc2Cl)cc1Br. The molecular formula is C17H12BrCl2FN4O. The van der Waals surface area contributed by atoms with Crippen LogP contribution in [0.5, 0.6) is 0 Å². The molecule has 9 heteroatoms. The Bertz CT molecular complexity index is 926. The Kier molecular flexibility index (Phi) is 5.80. The highest BCUT2D eigenvalue weighted by atomic mass is 79.9. The largest absolute Gasteiger partial charge is 0.324 e. The molecule has 1 aromatic heterocycles. The number of benzene rings is 2. The van der Waals surface area contributed by atoms with Crippen molar-refractivity contribution < 1.29 is 9.18 Å². The zero-order valence-corrected chi connectivity index (χ0v) is 16.2. The molecular weight excluding hydrogens is 446 g/mol. The minimum Gasteiger partial charge on any atom is -0.308 e. The Morgan fingerprint density at radius 1 is 1.15 bits per heavy atom. The number of nitrogens with zero attached hydrogens (tertiary/aromatic N) is 2. The fourth-order valence-corrected chi connectivity index (χ4v) is 2.97. The molecule has 0 atom stereocenters. The molecule has 0 spiro atoms. The maximum absolute atomic E-state index is 13.9. The Morgan fingerprint density at radius 2 is 1.88 bits per heavy atom. The number of anilines is 2. The van der Waals surface area contributed by atoms with Gasteiger partial charge in [-0.05, 0) is 52.3 Å². The van der Waals surface area contributed by atoms with E-state index in [4.69, 9.17) is 23.2 Å². The number of rotatable bonds is 4. The van der Waals surface area contributed by atoms with Gasteiger partial charge >= 0.3 is 6.03 Å². The second-order valence-corrected chi connectivity index (χ2v) is 7.01. The van der Waals surface area contributed by atoms with Crippen LogP contribution in [0, 0.1) is 5.82 Å². The van der Waals surface area contributed by atoms with E-state index in [-0.39, 0.29) is 6.54 Å². The summed E-state index contributed by atoms with van der Waals surface area (Å²) in [6, 6.07) is 10.7. The van der Waals surface area contributed by atoms with Crippen molar-refractivity contribution in [1.82, 2.24) is 9.78 Å². The number of nitrogens with one attached hydrogen (secondary N) is 2. The molecule has 1 heterocycles. The van der Waals surface area contributed by atoms with Gasteiger partial charge in [-0.15, -0.1) is 0 Å². The van der Waals surface area contributed by atoms with Crippen molar-refractivity contribution in [3.8, 4) is 0 Å². The maximum Gasteiger partial charge on any atom is 0.324 e. The van der Waals surface area contributed by atoms with Gasteiger partial charge in [0.05, 0.1) is 11.0 Å². The van der Waals surface area contributed by atoms with E-state index in [1.807, 2.05) is 0 Å². The Hall–Kier alpha value is -2.09. The lowest BCUT2D eigenvalue weighted by Gasteiger charge is -2.07. The second kappa shape index (κ2) is 8.07. The van der Waals surface area contributed by atoms with Crippen LogP contribution >= 0.6 is 39.1 Å². The number of aromatic nitrogens is 2. The van der Waals surface area contributed by atoms with Crippen LogP contribution in [-0.2, 0) is 6.54 Å². The van der Waals surface area contributed by atoms with Gasteiger partial charge in [-0.3, -0.25) is 10.00 Å². The third-order valence-corrected chi connectivity index (χ3v) is 4.62. The Morgan fingerprint density at radius 3 is 2.58 bits per heavy atom. The molecule has 0 aliphatic rings. The molecule has 0 bridgehead atoms. The standard InChI is InChI=1S/C17H12BrCl2FN4O/c18-13-9-25(8-12-14(20)2-1-3-15(12)21)24-16(13)23-17(26)22-11-6-4-10(19)5-7-11/h1-7,9H,8H2,(H2,22,23,24,26). The van der Waals surface area contributed by atoms with Gasteiger partial charge < -0.3 is 5.32 Å². The minimum atomic E-state index is -0.470. The van der Waals surface area contributed by atoms with Crippen molar-refractivity contribution in [1.29, 1.82) is 0 Å². The van der Waals surface area contributed by atoms with Crippen LogP contribution in [0.4, 0.5) is 20.7 Å². The van der Waals surface area contributed by atoms with Gasteiger partial charge in [0.15, 0.2) is 5.82 Å². The molecule has 5 nitrogen and oxygen atoms in total. The van der Waals surface area contributed by atoms with Crippen molar-refractivity contribution in [3.05, 3.63) is 74.6 Å². The average molecular weight is 458 g/mol. The smallest absolute Gasteiger partial charge is 0.308 e. The first-order chi connectivity index (χ1) is 12.4. The first kappa shape index (κ1) is 18.7. The fraction of sp³-hybridized carbons (Fsp3) is 0.0588. The Balaban J connectivity index is 1.70. The second-order valence-electron chi connectivity index (χ2n) is 5.31. The van der Waals surface area contributed by atoms with Crippen molar-refractivity contribution in [2.45, 2.75) is 6.54 Å². The fourth-order valence-electron chi connectivity index (χ4n) is 2.21. The van der Waals surface area contributed by atoms with Gasteiger partial charge in [0.1, 0.15) is 5.82 Å². The summed E-state index contributed by atoms with van der Waals surface area (Å²) in [4.78, 5) is 12.1. The lowest BCUT2D eigenvalue weighted by atomic mass is 10.2. The molecule has 3 rings (SSSR count). The summed E-state index contributed by atoms with van der Waals surface area (Å²) >= 11 is 15.2. The summed E-state index contributed by atoms with van der Waals surface area (Å²) < 4.78 is 15.9. The van der Waals surface area contributed by atoms with Gasteiger partial charge in [-0.25, -0.2) is 9.18 Å². The first-order valence-electron chi connectivity index (χ1n) is 7.42. The summed E-state index contributed by atoms with van der Waals surface area (Å²) in [6.07, 6.45) is 1.63. The summed E-state index contributed by atoms with van der Waals surface area (Å²) in [7, 11) is 0. The van der Waals surface area contributed by atoms with E-state index in [0.717, 1.165) is 0 Å². The molecule has 2 amide bonds. The molecule has 26 heavy (non-hydrogen) atoms. The van der Waals surface area contributed by atoms with E-state index >= 15 is 0 Å². The van der Waals surface area contributed by atoms with Crippen LogP contribution in [0.2, 0.25) is 10.0 Å². The number of hydrogen-bond donors (Lipinski definition) is 2. The van der Waals surface area contributed by atoms with Crippen LogP contribution in [0.1, 0.15) is 5.56 Å². The van der Waals surface area contributed by atoms with E-state index in [0.29, 0.717) is 31.6 Å². The molecule has 134 valence electrons. The van der Waals surface area contributed by atoms with Crippen LogP contribution in [0.3, 0.4) is 0 Å². The molecule has 0 aliphatic heterocycles. The normalized spacial score (nSPS) is 10.6. The number of amides is 2. The van der Waals surface area contributed by atoms with Gasteiger partial charge in [0, 0.05) is 27.5 Å². The first-order valence-corrected chi connectivity index (χ1v) is 8.96. The molecule has 0 fully saturated rings. The number of halogens is 4. The minimum absolute atomic E-state index is 0.130. The zero-order chi connectivity index (χ0) is 18.7. The Labute approximate surface area is 167 Å². The van der Waals surface area contributed by atoms with Crippen LogP contribution in [0.15, 0.2) is 53.1 Å². The highest BCUT2D eigenvalue weighted by Gasteiger charge is 2.13. The molecule has 0 aliphatic carbocycles. The lowest BCUT2D eigenvalue weighted by molar-refractivity contribution is 0.262. The predicted molar refractivity (Wildman–Crippen MR) is 105 cm³/mol. The third-order valence-electron chi connectivity index (χ3n) is 3.43. The average Bonchev–Trinajstić information content (AvgIpc) is 2.93. The number of urea groups is 1. The van der Waals surface area contributed by atoms with Crippen molar-refractivity contribution in [3.63, 3.8) is 0 Å². The predicted octanol–water partition coefficient (Wildman–Crippen LogP) is 5.78. The summed E-state index contributed by atoms with van der Waals surface area (Å²) in [5.74, 6) is -0.122. The number of carbonyl (C=O) groups is 1. The summed E-state index contributed by atoms with van der Waals surface area (Å²) in [5, 5.41) is 10.4. The molecule has 3 aromatic rings. The van der Waals surface area contributed by atoms with Gasteiger partial charge in [-0.1, -0.05) is 29.3 Å². The zero-order valence-electron chi connectivity index (χ0n) is 13.1. The lowest BCUT2D eigenvalue weighted by Crippen LogP contribution is -2.20. The quantitative estimate of drug-likeness (QED) is 0.521. The van der Waals surface area contributed by atoms with Gasteiger partial charge in [-0.2, -0.15) is 5.10 Å². The number of hydrogen-bond acceptors (Lipinski definition) is 2. The van der Waals surface area contributed by atoms with Crippen LogP contribution in [-0.4, -0.2) is 15.8 Å². The van der Waals surface area contributed by atoms with E-state index < -0.39 is 11.8 Å². The topological polar surface area (TPSA) is 59.0 Å². The molecule has 0 saturated heterocycles. The van der Waals surface area contributed by atoms with Gasteiger partial charge in [0.25, 0.3) is 0 Å². The van der Waals surface area contributed by atoms with E-state index in [1.54, 1.807) is 36.5 Å². The van der Waals surface area contributed by atoms with Crippen molar-refractivity contribution >= 4 is 56.7 Å². The summed E-state index contributed by atoms with van der Waals surface area (Å²) in [6.45, 7) is 0.130. The van der Waals surface area contributed by atoms with Crippen LogP contribution in [0.25, 0.3) is 0 Å². The van der Waals surface area contributed by atoms with Crippen molar-refractivity contribution in [2.24, 2.45) is 0 Å². The molecule has 0 unspecified atom stereocenters. The molecule has 2 aromatic carbocycles. The molecule has 2 N–H and O–H groups in total. The van der Waals surface area contributed by atoms with Crippen LogP contribution < -0.4 is 10.6 Å². The summed E-state index contributed by atoms with van der Waals surface area (Å²) in [5.41, 5.74) is 0.905. The highest BCUT2D eigenvalue weighted by Crippen LogP contribution is 2.24. The third kappa shape index (κ3) is 4.55. The monoisotopic (exact) mass is 456 g/mol. The molecule has 0 saturated carbocycles. The van der Waals surface area contributed by atoms with Crippen molar-refractivity contribution in [2.75, 3.05) is 10.6 Å². The maximum atomic E-state index is 13.9.